The molecule has 0 spiro atoms. The number of carbonyl (C=O) groups is 1. The summed E-state index contributed by atoms with van der Waals surface area (Å²) in [6, 6.07) is 15.6. The number of halogens is 2. The van der Waals surface area contributed by atoms with Crippen molar-refractivity contribution in [3.8, 4) is 5.75 Å². The molecule has 0 aromatic heterocycles. The molecule has 4 nitrogen and oxygen atoms in total. The second kappa shape index (κ2) is 10.1. The van der Waals surface area contributed by atoms with Gasteiger partial charge in [0.15, 0.2) is 6.61 Å². The van der Waals surface area contributed by atoms with E-state index in [-0.39, 0.29) is 19.0 Å². The van der Waals surface area contributed by atoms with E-state index >= 15 is 0 Å². The number of primary amides is 1. The minimum Gasteiger partial charge on any atom is -0.483 e. The van der Waals surface area contributed by atoms with Crippen LogP contribution in [0.5, 0.6) is 5.75 Å². The van der Waals surface area contributed by atoms with Crippen molar-refractivity contribution in [2.75, 3.05) is 13.2 Å². The Bertz CT molecular complexity index is 621. The van der Waals surface area contributed by atoms with Gasteiger partial charge in [0.2, 0.25) is 0 Å². The molecule has 0 saturated carbocycles. The number of hydrogen-bond acceptors (Lipinski definition) is 3. The number of carbonyl (C=O) groups excluding carboxylic acids is 1. The highest BCUT2D eigenvalue weighted by Crippen LogP contribution is 2.22. The zero-order chi connectivity index (χ0) is 15.8. The molecule has 2 aromatic rings. The zero-order valence-electron chi connectivity index (χ0n) is 12.6. The molecule has 0 aliphatic carbocycles. The average molecular weight is 355 g/mol. The lowest BCUT2D eigenvalue weighted by atomic mass is 10.1. The maximum atomic E-state index is 10.8. The van der Waals surface area contributed by atoms with Gasteiger partial charge in [-0.05, 0) is 36.7 Å². The molecule has 0 heterocycles. The fourth-order valence-electron chi connectivity index (χ4n) is 2.08. The van der Waals surface area contributed by atoms with Crippen LogP contribution in [0.2, 0.25) is 5.02 Å². The monoisotopic (exact) mass is 354 g/mol. The third kappa shape index (κ3) is 6.91. The summed E-state index contributed by atoms with van der Waals surface area (Å²) in [5.41, 5.74) is 7.29. The van der Waals surface area contributed by atoms with Crippen LogP contribution in [0.25, 0.3) is 0 Å². The van der Waals surface area contributed by atoms with Crippen LogP contribution in [0.3, 0.4) is 0 Å². The van der Waals surface area contributed by atoms with Gasteiger partial charge in [-0.3, -0.25) is 4.79 Å². The Morgan fingerprint density at radius 2 is 1.91 bits per heavy atom. The predicted molar refractivity (Wildman–Crippen MR) is 95.2 cm³/mol. The van der Waals surface area contributed by atoms with E-state index in [1.807, 2.05) is 24.3 Å². The Morgan fingerprint density at radius 1 is 1.17 bits per heavy atom. The number of amides is 1. The Balaban J connectivity index is 0.00000264. The summed E-state index contributed by atoms with van der Waals surface area (Å²) >= 11 is 6.01. The van der Waals surface area contributed by atoms with Gasteiger partial charge in [-0.2, -0.15) is 0 Å². The van der Waals surface area contributed by atoms with Crippen LogP contribution in [0.4, 0.5) is 0 Å². The van der Waals surface area contributed by atoms with Crippen molar-refractivity contribution in [2.45, 2.75) is 13.0 Å². The Kier molecular flexibility index (Phi) is 8.48. The minimum atomic E-state index is -0.502. The first-order valence-electron chi connectivity index (χ1n) is 7.09. The fourth-order valence-corrected chi connectivity index (χ4v) is 2.27. The normalized spacial score (nSPS) is 9.96. The summed E-state index contributed by atoms with van der Waals surface area (Å²) in [6.07, 6.45) is 0.943. The topological polar surface area (TPSA) is 64.4 Å². The van der Waals surface area contributed by atoms with Crippen LogP contribution >= 0.6 is 24.0 Å². The smallest absolute Gasteiger partial charge is 0.255 e. The van der Waals surface area contributed by atoms with Gasteiger partial charge in [-0.25, -0.2) is 0 Å². The molecule has 3 N–H and O–H groups in total. The van der Waals surface area contributed by atoms with Crippen LogP contribution < -0.4 is 15.8 Å². The molecule has 2 aromatic carbocycles. The van der Waals surface area contributed by atoms with Crippen molar-refractivity contribution in [3.63, 3.8) is 0 Å². The van der Waals surface area contributed by atoms with Gasteiger partial charge in [0, 0.05) is 17.1 Å². The highest BCUT2D eigenvalue weighted by Gasteiger charge is 2.06. The van der Waals surface area contributed by atoms with Crippen LogP contribution in [0.1, 0.15) is 11.1 Å². The van der Waals surface area contributed by atoms with Gasteiger partial charge >= 0.3 is 0 Å². The molecule has 0 bridgehead atoms. The standard InChI is InChI=1S/C17H19ClN2O2.ClH/c18-15-6-7-16(22-12-17(19)21)14(10-15)11-20-9-8-13-4-2-1-3-5-13;/h1-7,10,20H,8-9,11-12H2,(H2,19,21);1H. The molecule has 0 aliphatic rings. The molecule has 6 heteroatoms. The first-order valence-corrected chi connectivity index (χ1v) is 7.47. The van der Waals surface area contributed by atoms with E-state index in [0.717, 1.165) is 18.5 Å². The van der Waals surface area contributed by atoms with Crippen molar-refractivity contribution in [3.05, 3.63) is 64.7 Å². The first kappa shape index (κ1) is 19.3. The van der Waals surface area contributed by atoms with Crippen molar-refractivity contribution in [1.29, 1.82) is 0 Å². The maximum absolute atomic E-state index is 10.8. The molecular formula is C17H20Cl2N2O2. The van der Waals surface area contributed by atoms with Crippen molar-refractivity contribution >= 4 is 29.9 Å². The molecule has 124 valence electrons. The fraction of sp³-hybridized carbons (Fsp3) is 0.235. The largest absolute Gasteiger partial charge is 0.483 e. The summed E-state index contributed by atoms with van der Waals surface area (Å²) in [5, 5.41) is 3.98. The molecule has 0 fully saturated rings. The number of nitrogens with one attached hydrogen (secondary N) is 1. The van der Waals surface area contributed by atoms with Crippen molar-refractivity contribution < 1.29 is 9.53 Å². The predicted octanol–water partition coefficient (Wildman–Crippen LogP) is 2.96. The first-order chi connectivity index (χ1) is 10.6. The lowest BCUT2D eigenvalue weighted by Crippen LogP contribution is -2.21. The minimum absolute atomic E-state index is 0. The van der Waals surface area contributed by atoms with Gasteiger partial charge in [-0.15, -0.1) is 12.4 Å². The highest BCUT2D eigenvalue weighted by molar-refractivity contribution is 6.30. The molecule has 0 saturated heterocycles. The summed E-state index contributed by atoms with van der Waals surface area (Å²) in [7, 11) is 0. The molecule has 0 radical (unpaired) electrons. The Morgan fingerprint density at radius 3 is 2.61 bits per heavy atom. The van der Waals surface area contributed by atoms with Gasteiger partial charge in [0.1, 0.15) is 5.75 Å². The van der Waals surface area contributed by atoms with Crippen LogP contribution in [-0.4, -0.2) is 19.1 Å². The highest BCUT2D eigenvalue weighted by atomic mass is 35.5. The van der Waals surface area contributed by atoms with E-state index in [4.69, 9.17) is 22.1 Å². The quantitative estimate of drug-likeness (QED) is 0.716. The average Bonchev–Trinajstić information content (AvgIpc) is 2.51. The Labute approximate surface area is 147 Å². The van der Waals surface area contributed by atoms with Crippen LogP contribution in [0, 0.1) is 0 Å². The number of ether oxygens (including phenoxy) is 1. The lowest BCUT2D eigenvalue weighted by molar-refractivity contribution is -0.119. The molecule has 0 aliphatic heterocycles. The molecule has 1 amide bonds. The van der Waals surface area contributed by atoms with Crippen LogP contribution in [-0.2, 0) is 17.8 Å². The van der Waals surface area contributed by atoms with Crippen molar-refractivity contribution in [1.82, 2.24) is 5.32 Å². The number of rotatable bonds is 8. The van der Waals surface area contributed by atoms with Crippen molar-refractivity contribution in [2.24, 2.45) is 5.73 Å². The van der Waals surface area contributed by atoms with E-state index < -0.39 is 5.91 Å². The zero-order valence-corrected chi connectivity index (χ0v) is 14.2. The second-order valence-electron chi connectivity index (χ2n) is 4.92. The van der Waals surface area contributed by atoms with Crippen LogP contribution in [0.15, 0.2) is 48.5 Å². The Hall–Kier alpha value is -1.75. The van der Waals surface area contributed by atoms with E-state index in [9.17, 15) is 4.79 Å². The molecule has 23 heavy (non-hydrogen) atoms. The lowest BCUT2D eigenvalue weighted by Gasteiger charge is -2.12. The summed E-state index contributed by atoms with van der Waals surface area (Å²) in [4.78, 5) is 10.8. The molecule has 2 rings (SSSR count). The maximum Gasteiger partial charge on any atom is 0.255 e. The molecule has 0 atom stereocenters. The number of hydrogen-bond donors (Lipinski definition) is 2. The van der Waals surface area contributed by atoms with E-state index in [0.29, 0.717) is 17.3 Å². The third-order valence-corrected chi connectivity index (χ3v) is 3.38. The molecule has 0 unspecified atom stereocenters. The summed E-state index contributed by atoms with van der Waals surface area (Å²) < 4.78 is 5.40. The third-order valence-electron chi connectivity index (χ3n) is 3.14. The summed E-state index contributed by atoms with van der Waals surface area (Å²) in [5.74, 6) is 0.119. The summed E-state index contributed by atoms with van der Waals surface area (Å²) in [6.45, 7) is 1.31. The molecular weight excluding hydrogens is 335 g/mol. The van der Waals surface area contributed by atoms with Gasteiger partial charge in [0.05, 0.1) is 0 Å². The van der Waals surface area contributed by atoms with Gasteiger partial charge in [0.25, 0.3) is 5.91 Å². The SMILES string of the molecule is Cl.NC(=O)COc1ccc(Cl)cc1CNCCc1ccccc1. The second-order valence-corrected chi connectivity index (χ2v) is 5.36. The van der Waals surface area contributed by atoms with Gasteiger partial charge < -0.3 is 15.8 Å². The van der Waals surface area contributed by atoms with E-state index in [1.54, 1.807) is 12.1 Å². The van der Waals surface area contributed by atoms with Gasteiger partial charge in [-0.1, -0.05) is 41.9 Å². The van der Waals surface area contributed by atoms with E-state index in [2.05, 4.69) is 17.4 Å². The number of benzene rings is 2. The van der Waals surface area contributed by atoms with E-state index in [1.165, 1.54) is 5.56 Å². The number of nitrogens with two attached hydrogens (primary N) is 1.